The molecule has 20 heavy (non-hydrogen) atoms. The van der Waals surface area contributed by atoms with Crippen molar-refractivity contribution in [2.45, 2.75) is 53.1 Å². The number of hydrogen-bond donors (Lipinski definition) is 1. The van der Waals surface area contributed by atoms with Crippen LogP contribution in [0.3, 0.4) is 0 Å². The first-order valence-electron chi connectivity index (χ1n) is 7.42. The fourth-order valence-corrected chi connectivity index (χ4v) is 3.09. The molecule has 0 amide bonds. The van der Waals surface area contributed by atoms with Gasteiger partial charge in [-0.05, 0) is 69.3 Å². The molecule has 2 unspecified atom stereocenters. The van der Waals surface area contributed by atoms with E-state index in [9.17, 15) is 4.79 Å². The van der Waals surface area contributed by atoms with Crippen LogP contribution in [0, 0.1) is 26.7 Å². The topological polar surface area (TPSA) is 40.5 Å². The van der Waals surface area contributed by atoms with Gasteiger partial charge in [0.1, 0.15) is 0 Å². The predicted molar refractivity (Wildman–Crippen MR) is 80.9 cm³/mol. The van der Waals surface area contributed by atoms with Crippen LogP contribution in [0.4, 0.5) is 0 Å². The van der Waals surface area contributed by atoms with Gasteiger partial charge in [-0.15, -0.1) is 0 Å². The van der Waals surface area contributed by atoms with Gasteiger partial charge in [-0.25, -0.2) is 0 Å². The Bertz CT molecular complexity index is 510. The van der Waals surface area contributed by atoms with E-state index in [2.05, 4.69) is 44.7 Å². The predicted octanol–water partition coefficient (Wildman–Crippen LogP) is 3.30. The summed E-state index contributed by atoms with van der Waals surface area (Å²) in [7, 11) is 0. The highest BCUT2D eigenvalue weighted by molar-refractivity contribution is 5.70. The maximum atomic E-state index is 11.1. The molecule has 2 rings (SSSR count). The van der Waals surface area contributed by atoms with Gasteiger partial charge in [-0.2, -0.15) is 0 Å². The fourth-order valence-electron chi connectivity index (χ4n) is 3.09. The molecule has 110 valence electrons. The van der Waals surface area contributed by atoms with Gasteiger partial charge in [-0.1, -0.05) is 12.1 Å². The zero-order chi connectivity index (χ0) is 14.9. The van der Waals surface area contributed by atoms with Crippen molar-refractivity contribution in [3.63, 3.8) is 0 Å². The number of piperidine rings is 1. The van der Waals surface area contributed by atoms with E-state index in [-0.39, 0.29) is 5.92 Å². The Labute approximate surface area is 121 Å². The minimum atomic E-state index is -0.640. The Morgan fingerprint density at radius 1 is 1.25 bits per heavy atom. The van der Waals surface area contributed by atoms with E-state index < -0.39 is 5.97 Å². The average molecular weight is 275 g/mol. The van der Waals surface area contributed by atoms with Crippen molar-refractivity contribution >= 4 is 5.97 Å². The summed E-state index contributed by atoms with van der Waals surface area (Å²) in [4.78, 5) is 13.5. The number of aryl methyl sites for hydroxylation is 3. The lowest BCUT2D eigenvalue weighted by atomic mass is 9.91. The molecule has 1 N–H and O–H groups in total. The smallest absolute Gasteiger partial charge is 0.306 e. The zero-order valence-electron chi connectivity index (χ0n) is 12.9. The third-order valence-electron chi connectivity index (χ3n) is 4.69. The van der Waals surface area contributed by atoms with Crippen molar-refractivity contribution in [2.24, 2.45) is 5.92 Å². The quantitative estimate of drug-likeness (QED) is 0.920. The third kappa shape index (κ3) is 3.21. The van der Waals surface area contributed by atoms with Crippen LogP contribution in [-0.4, -0.2) is 28.6 Å². The number of nitrogens with zero attached hydrogens (tertiary/aromatic N) is 1. The normalized spacial score (nSPS) is 23.8. The van der Waals surface area contributed by atoms with Crippen LogP contribution in [-0.2, 0) is 11.3 Å². The zero-order valence-corrected chi connectivity index (χ0v) is 12.9. The summed E-state index contributed by atoms with van der Waals surface area (Å²) in [6.07, 6.45) is 1.53. The fraction of sp³-hybridized carbons (Fsp3) is 0.588. The summed E-state index contributed by atoms with van der Waals surface area (Å²) in [5.41, 5.74) is 5.37. The van der Waals surface area contributed by atoms with Crippen molar-refractivity contribution in [3.05, 3.63) is 34.4 Å². The number of carboxylic acids is 1. The van der Waals surface area contributed by atoms with Crippen LogP contribution in [0.5, 0.6) is 0 Å². The molecular weight excluding hydrogens is 250 g/mol. The van der Waals surface area contributed by atoms with E-state index in [1.54, 1.807) is 0 Å². The summed E-state index contributed by atoms with van der Waals surface area (Å²) >= 11 is 0. The van der Waals surface area contributed by atoms with Crippen molar-refractivity contribution in [1.82, 2.24) is 4.90 Å². The Morgan fingerprint density at radius 2 is 1.90 bits per heavy atom. The summed E-state index contributed by atoms with van der Waals surface area (Å²) in [5, 5.41) is 9.12. The Hall–Kier alpha value is -1.35. The van der Waals surface area contributed by atoms with Crippen molar-refractivity contribution in [1.29, 1.82) is 0 Å². The first-order valence-corrected chi connectivity index (χ1v) is 7.42. The molecule has 1 aromatic rings. The molecule has 0 spiro atoms. The van der Waals surface area contributed by atoms with Crippen LogP contribution in [0.1, 0.15) is 42.0 Å². The molecule has 2 atom stereocenters. The highest BCUT2D eigenvalue weighted by Crippen LogP contribution is 2.26. The Balaban J connectivity index is 2.08. The molecule has 1 aliphatic heterocycles. The molecule has 1 fully saturated rings. The number of carboxylic acid groups (broad SMARTS) is 1. The van der Waals surface area contributed by atoms with Gasteiger partial charge in [-0.3, -0.25) is 9.69 Å². The summed E-state index contributed by atoms with van der Waals surface area (Å²) in [6.45, 7) is 10.4. The van der Waals surface area contributed by atoms with Gasteiger partial charge in [0.15, 0.2) is 0 Å². The number of benzene rings is 1. The maximum Gasteiger partial charge on any atom is 0.306 e. The highest BCUT2D eigenvalue weighted by Gasteiger charge is 2.29. The lowest BCUT2D eigenvalue weighted by molar-refractivity contribution is -0.144. The van der Waals surface area contributed by atoms with E-state index in [1.807, 2.05) is 0 Å². The van der Waals surface area contributed by atoms with Crippen molar-refractivity contribution in [3.8, 4) is 0 Å². The van der Waals surface area contributed by atoms with Crippen LogP contribution in [0.25, 0.3) is 0 Å². The molecule has 0 saturated carbocycles. The van der Waals surface area contributed by atoms with Crippen LogP contribution < -0.4 is 0 Å². The SMILES string of the molecule is Cc1cc(C)c(CN2CCC(C(=O)O)CC2C)cc1C. The third-order valence-corrected chi connectivity index (χ3v) is 4.69. The molecule has 1 saturated heterocycles. The first-order chi connectivity index (χ1) is 9.38. The maximum absolute atomic E-state index is 11.1. The minimum absolute atomic E-state index is 0.165. The standard InChI is InChI=1S/C17H25NO2/c1-11-7-13(3)16(8-12(11)2)10-18-6-5-15(17(19)20)9-14(18)4/h7-8,14-15H,5-6,9-10H2,1-4H3,(H,19,20). The summed E-state index contributed by atoms with van der Waals surface area (Å²) in [6, 6.07) is 4.87. The molecule has 0 bridgehead atoms. The molecule has 0 aliphatic carbocycles. The number of hydrogen-bond acceptors (Lipinski definition) is 2. The second kappa shape index (κ2) is 5.96. The van der Waals surface area contributed by atoms with Gasteiger partial charge < -0.3 is 5.11 Å². The number of rotatable bonds is 3. The molecule has 0 aromatic heterocycles. The van der Waals surface area contributed by atoms with Gasteiger partial charge in [0, 0.05) is 12.6 Å². The van der Waals surface area contributed by atoms with Gasteiger partial charge in [0.05, 0.1) is 5.92 Å². The summed E-state index contributed by atoms with van der Waals surface area (Å²) < 4.78 is 0. The van der Waals surface area contributed by atoms with E-state index in [0.717, 1.165) is 25.9 Å². The lowest BCUT2D eigenvalue weighted by Gasteiger charge is -2.36. The molecule has 1 aliphatic rings. The van der Waals surface area contributed by atoms with Crippen LogP contribution >= 0.6 is 0 Å². The Kier molecular flexibility index (Phi) is 4.48. The lowest BCUT2D eigenvalue weighted by Crippen LogP contribution is -2.42. The van der Waals surface area contributed by atoms with Crippen LogP contribution in [0.2, 0.25) is 0 Å². The monoisotopic (exact) mass is 275 g/mol. The van der Waals surface area contributed by atoms with Gasteiger partial charge >= 0.3 is 5.97 Å². The van der Waals surface area contributed by atoms with Crippen LogP contribution in [0.15, 0.2) is 12.1 Å². The number of carbonyl (C=O) groups is 1. The van der Waals surface area contributed by atoms with E-state index in [1.165, 1.54) is 22.3 Å². The number of likely N-dealkylation sites (tertiary alicyclic amines) is 1. The summed E-state index contributed by atoms with van der Waals surface area (Å²) in [5.74, 6) is -0.805. The largest absolute Gasteiger partial charge is 0.481 e. The van der Waals surface area contributed by atoms with Gasteiger partial charge in [0.25, 0.3) is 0 Å². The van der Waals surface area contributed by atoms with Crippen molar-refractivity contribution in [2.75, 3.05) is 6.54 Å². The van der Waals surface area contributed by atoms with Gasteiger partial charge in [0.2, 0.25) is 0 Å². The molecule has 3 heteroatoms. The molecule has 1 aromatic carbocycles. The highest BCUT2D eigenvalue weighted by atomic mass is 16.4. The number of aliphatic carboxylic acids is 1. The van der Waals surface area contributed by atoms with E-state index >= 15 is 0 Å². The van der Waals surface area contributed by atoms with Crippen molar-refractivity contribution < 1.29 is 9.90 Å². The minimum Gasteiger partial charge on any atom is -0.481 e. The molecular formula is C17H25NO2. The first kappa shape index (κ1) is 15.0. The molecule has 0 radical (unpaired) electrons. The van der Waals surface area contributed by atoms with E-state index in [0.29, 0.717) is 6.04 Å². The second-order valence-electron chi connectivity index (χ2n) is 6.24. The second-order valence-corrected chi connectivity index (χ2v) is 6.24. The molecule has 3 nitrogen and oxygen atoms in total. The van der Waals surface area contributed by atoms with E-state index in [4.69, 9.17) is 5.11 Å². The Morgan fingerprint density at radius 3 is 2.50 bits per heavy atom. The molecule has 1 heterocycles. The average Bonchev–Trinajstić information content (AvgIpc) is 2.37.